The van der Waals surface area contributed by atoms with Crippen molar-refractivity contribution >= 4 is 23.2 Å². The summed E-state index contributed by atoms with van der Waals surface area (Å²) >= 11 is 0. The van der Waals surface area contributed by atoms with E-state index in [4.69, 9.17) is 4.74 Å². The van der Waals surface area contributed by atoms with E-state index in [1.54, 1.807) is 0 Å². The lowest BCUT2D eigenvalue weighted by Gasteiger charge is -2.37. The molecule has 0 radical (unpaired) electrons. The lowest BCUT2D eigenvalue weighted by atomic mass is 9.63. The highest BCUT2D eigenvalue weighted by atomic mass is 16.6. The predicted molar refractivity (Wildman–Crippen MR) is 86.8 cm³/mol. The summed E-state index contributed by atoms with van der Waals surface area (Å²) in [6.07, 6.45) is 5.29. The highest BCUT2D eigenvalue weighted by Crippen LogP contribution is 2.65. The van der Waals surface area contributed by atoms with E-state index < -0.39 is 4.92 Å². The molecular weight excluding hydrogens is 324 g/mol. The second-order valence-corrected chi connectivity index (χ2v) is 7.28. The van der Waals surface area contributed by atoms with Crippen LogP contribution in [0.1, 0.15) is 6.42 Å². The molecule has 4 aliphatic carbocycles. The number of benzene rings is 1. The van der Waals surface area contributed by atoms with Crippen LogP contribution in [0.5, 0.6) is 5.75 Å². The molecule has 6 rings (SSSR count). The minimum atomic E-state index is -0.540. The molecule has 128 valence electrons. The van der Waals surface area contributed by atoms with Crippen LogP contribution in [0.2, 0.25) is 0 Å². The Hall–Kier alpha value is -2.70. The van der Waals surface area contributed by atoms with Crippen molar-refractivity contribution in [3.63, 3.8) is 0 Å². The van der Waals surface area contributed by atoms with Gasteiger partial charge in [0, 0.05) is 12.1 Å². The standard InChI is InChI=1S/C18H16N2O5/c1-25-14-5-2-8(20(23)24)6-13(14)19-17(21)15-9-3-4-10(12-7-11(9)12)16(15)18(19)22/h2-6,9-12,15-16H,7H2,1H3. The van der Waals surface area contributed by atoms with Crippen LogP contribution in [0, 0.1) is 45.6 Å². The molecule has 6 unspecified atom stereocenters. The van der Waals surface area contributed by atoms with Gasteiger partial charge >= 0.3 is 0 Å². The monoisotopic (exact) mass is 340 g/mol. The number of hydrogen-bond acceptors (Lipinski definition) is 5. The lowest BCUT2D eigenvalue weighted by Crippen LogP contribution is -2.40. The number of carbonyl (C=O) groups is 2. The fourth-order valence-electron chi connectivity index (χ4n) is 5.16. The average Bonchev–Trinajstić information content (AvgIpc) is 3.39. The summed E-state index contributed by atoms with van der Waals surface area (Å²) in [6, 6.07) is 3.99. The first-order valence-electron chi connectivity index (χ1n) is 8.41. The zero-order chi connectivity index (χ0) is 17.5. The summed E-state index contributed by atoms with van der Waals surface area (Å²) in [5, 5.41) is 11.1. The first kappa shape index (κ1) is 14.6. The average molecular weight is 340 g/mol. The Bertz CT molecular complexity index is 827. The zero-order valence-electron chi connectivity index (χ0n) is 13.5. The van der Waals surface area contributed by atoms with Crippen molar-refractivity contribution in [2.24, 2.45) is 35.5 Å². The molecule has 6 atom stereocenters. The van der Waals surface area contributed by atoms with Gasteiger partial charge in [0.1, 0.15) is 11.4 Å². The Morgan fingerprint density at radius 3 is 2.24 bits per heavy atom. The third kappa shape index (κ3) is 1.75. The first-order valence-corrected chi connectivity index (χ1v) is 8.41. The molecule has 1 aromatic rings. The second-order valence-electron chi connectivity index (χ2n) is 7.28. The van der Waals surface area contributed by atoms with Crippen LogP contribution in [0.4, 0.5) is 11.4 Å². The number of methoxy groups -OCH3 is 1. The molecule has 1 saturated heterocycles. The van der Waals surface area contributed by atoms with E-state index in [1.165, 1.54) is 25.3 Å². The summed E-state index contributed by atoms with van der Waals surface area (Å²) in [5.41, 5.74) is 0.00406. The molecule has 2 bridgehead atoms. The fraction of sp³-hybridized carbons (Fsp3) is 0.444. The molecule has 25 heavy (non-hydrogen) atoms. The first-order chi connectivity index (χ1) is 12.0. The van der Waals surface area contributed by atoms with Crippen molar-refractivity contribution in [1.29, 1.82) is 0 Å². The topological polar surface area (TPSA) is 89.8 Å². The molecule has 0 spiro atoms. The number of rotatable bonds is 3. The smallest absolute Gasteiger partial charge is 0.271 e. The van der Waals surface area contributed by atoms with Gasteiger partial charge < -0.3 is 4.74 Å². The Morgan fingerprint density at radius 2 is 1.72 bits per heavy atom. The van der Waals surface area contributed by atoms with E-state index in [0.717, 1.165) is 11.3 Å². The minimum absolute atomic E-state index is 0.117. The molecule has 0 aromatic heterocycles. The second kappa shape index (κ2) is 4.68. The fourth-order valence-corrected chi connectivity index (χ4v) is 5.16. The highest BCUT2D eigenvalue weighted by molar-refractivity contribution is 6.23. The quantitative estimate of drug-likeness (QED) is 0.364. The number of non-ortho nitro benzene ring substituents is 1. The van der Waals surface area contributed by atoms with Crippen LogP contribution in [-0.2, 0) is 9.59 Å². The Morgan fingerprint density at radius 1 is 1.12 bits per heavy atom. The van der Waals surface area contributed by atoms with Crippen molar-refractivity contribution in [2.75, 3.05) is 12.0 Å². The van der Waals surface area contributed by atoms with Crippen molar-refractivity contribution in [3.8, 4) is 5.75 Å². The van der Waals surface area contributed by atoms with E-state index >= 15 is 0 Å². The van der Waals surface area contributed by atoms with Gasteiger partial charge in [-0.25, -0.2) is 4.90 Å². The van der Waals surface area contributed by atoms with Gasteiger partial charge in [0.2, 0.25) is 11.8 Å². The SMILES string of the molecule is COc1ccc([N+](=O)[O-])cc1N1C(=O)C2C3C=CC(C4CC34)C2C1=O. The van der Waals surface area contributed by atoms with Crippen LogP contribution in [0.25, 0.3) is 0 Å². The Kier molecular flexibility index (Phi) is 2.74. The summed E-state index contributed by atoms with van der Waals surface area (Å²) in [6.45, 7) is 0. The zero-order valence-corrected chi connectivity index (χ0v) is 13.5. The van der Waals surface area contributed by atoms with Gasteiger partial charge in [-0.2, -0.15) is 0 Å². The third-order valence-corrected chi connectivity index (χ3v) is 6.28. The number of hydrogen-bond donors (Lipinski definition) is 0. The predicted octanol–water partition coefficient (Wildman–Crippen LogP) is 2.16. The largest absolute Gasteiger partial charge is 0.495 e. The molecule has 7 nitrogen and oxygen atoms in total. The van der Waals surface area contributed by atoms with Crippen molar-refractivity contribution < 1.29 is 19.2 Å². The molecule has 0 N–H and O–H groups in total. The summed E-state index contributed by atoms with van der Waals surface area (Å²) in [5.74, 6) is 0.371. The number of allylic oxidation sites excluding steroid dienone is 2. The van der Waals surface area contributed by atoms with Crippen LogP contribution in [0.15, 0.2) is 30.4 Å². The van der Waals surface area contributed by atoms with Gasteiger partial charge in [0.25, 0.3) is 5.69 Å². The number of nitro benzene ring substituents is 1. The number of anilines is 1. The summed E-state index contributed by atoms with van der Waals surface area (Å²) in [4.78, 5) is 37.9. The van der Waals surface area contributed by atoms with Crippen molar-refractivity contribution in [3.05, 3.63) is 40.5 Å². The van der Waals surface area contributed by atoms with Gasteiger partial charge in [-0.1, -0.05) is 12.2 Å². The van der Waals surface area contributed by atoms with Gasteiger partial charge in [-0.15, -0.1) is 0 Å². The van der Waals surface area contributed by atoms with E-state index in [2.05, 4.69) is 12.2 Å². The highest BCUT2D eigenvalue weighted by Gasteiger charge is 2.67. The van der Waals surface area contributed by atoms with E-state index in [0.29, 0.717) is 11.8 Å². The maximum absolute atomic E-state index is 13.1. The molecule has 5 aliphatic rings. The van der Waals surface area contributed by atoms with Gasteiger partial charge in [-0.3, -0.25) is 19.7 Å². The van der Waals surface area contributed by atoms with Crippen LogP contribution in [-0.4, -0.2) is 23.8 Å². The number of nitro groups is 1. The molecule has 2 amide bonds. The lowest BCUT2D eigenvalue weighted by molar-refractivity contribution is -0.384. The molecule has 7 heteroatoms. The number of nitrogens with zero attached hydrogens (tertiary/aromatic N) is 2. The molecule has 1 aliphatic heterocycles. The van der Waals surface area contributed by atoms with Crippen molar-refractivity contribution in [2.45, 2.75) is 6.42 Å². The van der Waals surface area contributed by atoms with Gasteiger partial charge in [0.05, 0.1) is 23.9 Å². The molecule has 3 fully saturated rings. The van der Waals surface area contributed by atoms with Crippen molar-refractivity contribution in [1.82, 2.24) is 0 Å². The maximum atomic E-state index is 13.1. The van der Waals surface area contributed by atoms with Crippen LogP contribution < -0.4 is 9.64 Å². The van der Waals surface area contributed by atoms with Gasteiger partial charge in [-0.05, 0) is 36.2 Å². The Balaban J connectivity index is 1.60. The minimum Gasteiger partial charge on any atom is -0.495 e. The number of amides is 2. The van der Waals surface area contributed by atoms with Crippen LogP contribution in [0.3, 0.4) is 0 Å². The van der Waals surface area contributed by atoms with E-state index in [1.807, 2.05) is 0 Å². The molecule has 1 heterocycles. The molecule has 2 saturated carbocycles. The van der Waals surface area contributed by atoms with Gasteiger partial charge in [0.15, 0.2) is 0 Å². The maximum Gasteiger partial charge on any atom is 0.271 e. The van der Waals surface area contributed by atoms with E-state index in [9.17, 15) is 19.7 Å². The molecule has 1 aromatic carbocycles. The molecular formula is C18H16N2O5. The summed E-state index contributed by atoms with van der Waals surface area (Å²) < 4.78 is 5.26. The van der Waals surface area contributed by atoms with Crippen LogP contribution >= 0.6 is 0 Å². The number of ether oxygens (including phenoxy) is 1. The number of carbonyl (C=O) groups excluding carboxylic acids is 2. The van der Waals surface area contributed by atoms with E-state index in [-0.39, 0.29) is 52.6 Å². The third-order valence-electron chi connectivity index (χ3n) is 6.28. The normalized spacial score (nSPS) is 37.1. The number of imide groups is 1. The summed E-state index contributed by atoms with van der Waals surface area (Å²) in [7, 11) is 1.42. The Labute approximate surface area is 143 Å².